The van der Waals surface area contributed by atoms with Gasteiger partial charge in [-0.05, 0) is 19.0 Å². The van der Waals surface area contributed by atoms with Gasteiger partial charge in [0.15, 0.2) is 5.82 Å². The molecule has 2 heterocycles. The van der Waals surface area contributed by atoms with Crippen LogP contribution in [0.1, 0.15) is 18.0 Å². The minimum Gasteiger partial charge on any atom is -0.396 e. The van der Waals surface area contributed by atoms with Crippen LogP contribution in [0.25, 0.3) is 0 Å². The van der Waals surface area contributed by atoms with E-state index in [2.05, 4.69) is 15.5 Å². The van der Waals surface area contributed by atoms with E-state index in [1.165, 1.54) is 0 Å². The maximum atomic E-state index is 5.64. The number of nitrogens with two attached hydrogens (primary N) is 2. The maximum Gasteiger partial charge on any atom is 0.169 e. The average Bonchev–Trinajstić information content (AvgIpc) is 2.62. The number of aromatic nitrogens is 2. The summed E-state index contributed by atoms with van der Waals surface area (Å²) >= 11 is 0. The van der Waals surface area contributed by atoms with Crippen LogP contribution in [0.15, 0.2) is 6.07 Å². The first-order valence-electron chi connectivity index (χ1n) is 4.36. The summed E-state index contributed by atoms with van der Waals surface area (Å²) in [6.07, 6.45) is 1.10. The van der Waals surface area contributed by atoms with E-state index >= 15 is 0 Å². The van der Waals surface area contributed by atoms with Crippen molar-refractivity contribution in [2.75, 3.05) is 24.6 Å². The normalized spacial score (nSPS) is 22.0. The molecule has 13 heavy (non-hydrogen) atoms. The summed E-state index contributed by atoms with van der Waals surface area (Å²) in [7, 11) is 0. The van der Waals surface area contributed by atoms with Gasteiger partial charge in [-0.15, -0.1) is 5.10 Å². The van der Waals surface area contributed by atoms with Gasteiger partial charge in [-0.2, -0.15) is 5.10 Å². The van der Waals surface area contributed by atoms with Gasteiger partial charge in [0.05, 0.1) is 11.4 Å². The van der Waals surface area contributed by atoms with Gasteiger partial charge in [-0.25, -0.2) is 0 Å². The summed E-state index contributed by atoms with van der Waals surface area (Å²) in [5, 5.41) is 11.1. The third-order valence-corrected chi connectivity index (χ3v) is 2.35. The monoisotopic (exact) mass is 179 g/mol. The van der Waals surface area contributed by atoms with Gasteiger partial charge in [0.2, 0.25) is 0 Å². The molecular formula is C8H13N5. The molecule has 0 aliphatic carbocycles. The van der Waals surface area contributed by atoms with Crippen molar-refractivity contribution in [2.24, 2.45) is 0 Å². The van der Waals surface area contributed by atoms with Gasteiger partial charge in [0.1, 0.15) is 0 Å². The van der Waals surface area contributed by atoms with Crippen LogP contribution in [-0.2, 0) is 0 Å². The Morgan fingerprint density at radius 2 is 2.23 bits per heavy atom. The zero-order valence-corrected chi connectivity index (χ0v) is 7.33. The molecule has 5 N–H and O–H groups in total. The highest BCUT2D eigenvalue weighted by molar-refractivity contribution is 5.57. The third-order valence-electron chi connectivity index (χ3n) is 2.35. The van der Waals surface area contributed by atoms with Crippen LogP contribution in [0, 0.1) is 0 Å². The summed E-state index contributed by atoms with van der Waals surface area (Å²) in [5.41, 5.74) is 12.6. The molecule has 2 rings (SSSR count). The van der Waals surface area contributed by atoms with E-state index in [-0.39, 0.29) is 0 Å². The summed E-state index contributed by atoms with van der Waals surface area (Å²) in [5.74, 6) is 0.755. The molecule has 1 aliphatic rings. The number of nitrogens with zero attached hydrogens (tertiary/aromatic N) is 2. The van der Waals surface area contributed by atoms with Gasteiger partial charge in [0.25, 0.3) is 0 Å². The maximum absolute atomic E-state index is 5.64. The zero-order valence-electron chi connectivity index (χ0n) is 7.33. The van der Waals surface area contributed by atoms with Crippen molar-refractivity contribution in [3.63, 3.8) is 0 Å². The Bertz CT molecular complexity index is 305. The van der Waals surface area contributed by atoms with E-state index in [1.807, 2.05) is 6.07 Å². The molecule has 1 aliphatic heterocycles. The second-order valence-electron chi connectivity index (χ2n) is 3.30. The lowest BCUT2D eigenvalue weighted by Crippen LogP contribution is -2.10. The third kappa shape index (κ3) is 1.55. The summed E-state index contributed by atoms with van der Waals surface area (Å²) in [6, 6.07) is 1.82. The number of hydrogen-bond acceptors (Lipinski definition) is 5. The van der Waals surface area contributed by atoms with E-state index < -0.39 is 0 Å². The van der Waals surface area contributed by atoms with Crippen molar-refractivity contribution < 1.29 is 0 Å². The van der Waals surface area contributed by atoms with E-state index in [9.17, 15) is 0 Å². The fraction of sp³-hybridized carbons (Fsp3) is 0.500. The molecule has 70 valence electrons. The molecule has 1 aromatic heterocycles. The Morgan fingerprint density at radius 3 is 2.85 bits per heavy atom. The van der Waals surface area contributed by atoms with Crippen molar-refractivity contribution in [1.29, 1.82) is 0 Å². The Hall–Kier alpha value is -1.36. The molecule has 5 heteroatoms. The molecular weight excluding hydrogens is 166 g/mol. The molecule has 1 aromatic rings. The molecule has 0 saturated carbocycles. The zero-order chi connectivity index (χ0) is 9.26. The molecule has 1 unspecified atom stereocenters. The Morgan fingerprint density at radius 1 is 1.38 bits per heavy atom. The Labute approximate surface area is 76.5 Å². The van der Waals surface area contributed by atoms with E-state index in [4.69, 9.17) is 11.5 Å². The predicted molar refractivity (Wildman–Crippen MR) is 51.1 cm³/mol. The molecule has 0 spiro atoms. The standard InChI is InChI=1S/C8H13N5/c9-6-3-7(12-13-8(6)10)5-1-2-11-4-5/h3,5,11H,1-2,4H2,(H2,9,12)(H2,10,13). The highest BCUT2D eigenvalue weighted by Gasteiger charge is 2.18. The van der Waals surface area contributed by atoms with Crippen molar-refractivity contribution in [2.45, 2.75) is 12.3 Å². The van der Waals surface area contributed by atoms with Gasteiger partial charge >= 0.3 is 0 Å². The second kappa shape index (κ2) is 3.18. The number of nitrogen functional groups attached to an aromatic ring is 2. The summed E-state index contributed by atoms with van der Waals surface area (Å²) in [6.45, 7) is 1.99. The SMILES string of the molecule is Nc1cc(C2CCNC2)nnc1N. The minimum absolute atomic E-state index is 0.315. The first-order valence-corrected chi connectivity index (χ1v) is 4.36. The first kappa shape index (κ1) is 8.25. The van der Waals surface area contributed by atoms with E-state index in [0.717, 1.165) is 25.2 Å². The quantitative estimate of drug-likeness (QED) is 0.551. The lowest BCUT2D eigenvalue weighted by atomic mass is 10.0. The van der Waals surface area contributed by atoms with Crippen LogP contribution in [0.4, 0.5) is 11.5 Å². The molecule has 0 radical (unpaired) electrons. The molecule has 5 nitrogen and oxygen atoms in total. The minimum atomic E-state index is 0.315. The van der Waals surface area contributed by atoms with E-state index in [0.29, 0.717) is 17.4 Å². The fourth-order valence-electron chi connectivity index (χ4n) is 1.54. The number of nitrogens with one attached hydrogen (secondary N) is 1. The number of anilines is 2. The van der Waals surface area contributed by atoms with Crippen LogP contribution in [0.5, 0.6) is 0 Å². The number of rotatable bonds is 1. The van der Waals surface area contributed by atoms with Gasteiger partial charge in [-0.1, -0.05) is 0 Å². The highest BCUT2D eigenvalue weighted by atomic mass is 15.2. The van der Waals surface area contributed by atoms with Crippen LogP contribution in [-0.4, -0.2) is 23.3 Å². The lowest BCUT2D eigenvalue weighted by molar-refractivity contribution is 0.716. The first-order chi connectivity index (χ1) is 6.27. The Kier molecular flexibility index (Phi) is 2.02. The number of hydrogen-bond donors (Lipinski definition) is 3. The van der Waals surface area contributed by atoms with Crippen LogP contribution >= 0.6 is 0 Å². The fourth-order valence-corrected chi connectivity index (χ4v) is 1.54. The predicted octanol–water partition coefficient (Wildman–Crippen LogP) is -0.282. The Balaban J connectivity index is 2.25. The largest absolute Gasteiger partial charge is 0.396 e. The summed E-state index contributed by atoms with van der Waals surface area (Å²) < 4.78 is 0. The van der Waals surface area contributed by atoms with Crippen LogP contribution in [0.3, 0.4) is 0 Å². The molecule has 0 aromatic carbocycles. The van der Waals surface area contributed by atoms with Crippen molar-refractivity contribution in [3.05, 3.63) is 11.8 Å². The van der Waals surface area contributed by atoms with Crippen LogP contribution < -0.4 is 16.8 Å². The topological polar surface area (TPSA) is 89.8 Å². The smallest absolute Gasteiger partial charge is 0.169 e. The van der Waals surface area contributed by atoms with Crippen molar-refractivity contribution >= 4 is 11.5 Å². The van der Waals surface area contributed by atoms with Crippen molar-refractivity contribution in [3.8, 4) is 0 Å². The molecule has 1 atom stereocenters. The highest BCUT2D eigenvalue weighted by Crippen LogP contribution is 2.22. The van der Waals surface area contributed by atoms with Gasteiger partial charge in [0, 0.05) is 12.5 Å². The lowest BCUT2D eigenvalue weighted by Gasteiger charge is -2.07. The van der Waals surface area contributed by atoms with Gasteiger partial charge < -0.3 is 16.8 Å². The second-order valence-corrected chi connectivity index (χ2v) is 3.30. The van der Waals surface area contributed by atoms with Gasteiger partial charge in [-0.3, -0.25) is 0 Å². The van der Waals surface area contributed by atoms with Crippen LogP contribution in [0.2, 0.25) is 0 Å². The van der Waals surface area contributed by atoms with E-state index in [1.54, 1.807) is 0 Å². The molecule has 1 fully saturated rings. The van der Waals surface area contributed by atoms with Crippen molar-refractivity contribution in [1.82, 2.24) is 15.5 Å². The summed E-state index contributed by atoms with van der Waals surface area (Å²) in [4.78, 5) is 0. The molecule has 0 amide bonds. The molecule has 0 bridgehead atoms. The average molecular weight is 179 g/mol. The molecule has 1 saturated heterocycles.